The largest absolute Gasteiger partial charge is 0.504 e. The molecule has 9 heteroatoms. The van der Waals surface area contributed by atoms with Gasteiger partial charge in [0.1, 0.15) is 9.76 Å². The Labute approximate surface area is 231 Å². The summed E-state index contributed by atoms with van der Waals surface area (Å²) in [6.45, 7) is 15.4. The second-order valence-electron chi connectivity index (χ2n) is 8.74. The van der Waals surface area contributed by atoms with Crippen LogP contribution in [0.1, 0.15) is 5.56 Å². The molecule has 0 aromatic heterocycles. The average molecular weight is 569 g/mol. The van der Waals surface area contributed by atoms with Crippen molar-refractivity contribution in [2.24, 2.45) is 0 Å². The van der Waals surface area contributed by atoms with Gasteiger partial charge < -0.3 is 23.2 Å². The van der Waals surface area contributed by atoms with Gasteiger partial charge >= 0.3 is 14.5 Å². The third-order valence-corrected chi connectivity index (χ3v) is 15.8. The third-order valence-electron chi connectivity index (χ3n) is 5.39. The molecule has 0 aliphatic heterocycles. The van der Waals surface area contributed by atoms with E-state index in [0.717, 1.165) is 18.1 Å². The molecule has 3 aromatic carbocycles. The van der Waals surface area contributed by atoms with Crippen molar-refractivity contribution >= 4 is 43.0 Å². The summed E-state index contributed by atoms with van der Waals surface area (Å²) in [5, 5.41) is 19.5. The first-order chi connectivity index (χ1) is 18.0. The number of methoxy groups -OCH3 is 1. The Morgan fingerprint density at radius 3 is 1.84 bits per heavy atom. The van der Waals surface area contributed by atoms with Crippen LogP contribution in [-0.4, -0.2) is 49.9 Å². The van der Waals surface area contributed by atoms with Gasteiger partial charge in [0.2, 0.25) is 8.32 Å². The van der Waals surface area contributed by atoms with Crippen molar-refractivity contribution < 1.29 is 28.0 Å². The van der Waals surface area contributed by atoms with Crippen molar-refractivity contribution in [3.8, 4) is 11.5 Å². The standard InChI is InChI=1S/C16H24O2Si3.C10H12O2.C3H4O2/c1-19-17-20(2,3)18-21(4,15-11-7-5-8-12-15)16-13-9-6-10-14-16;1-3-4-8-5-6-9(11)10(7-8)12-2;1-2-3(4)5/h5-14H,19H2,1-4H3;3,5-7,11H,1,4H2,2H3;2H,1H2,(H,4,5). The number of hydrogen-bond donors (Lipinski definition) is 2. The maximum Gasteiger partial charge on any atom is 0.327 e. The van der Waals surface area contributed by atoms with Gasteiger partial charge in [0.25, 0.3) is 0 Å². The molecule has 3 aromatic rings. The molecule has 6 nitrogen and oxygen atoms in total. The molecule has 0 amide bonds. The fourth-order valence-corrected chi connectivity index (χ4v) is 14.1. The molecule has 0 aliphatic rings. The monoisotopic (exact) mass is 568 g/mol. The van der Waals surface area contributed by atoms with E-state index < -0.39 is 32.6 Å². The van der Waals surface area contributed by atoms with Gasteiger partial charge in [-0.25, -0.2) is 4.79 Å². The highest BCUT2D eigenvalue weighted by molar-refractivity contribution is 7.01. The third kappa shape index (κ3) is 11.0. The van der Waals surface area contributed by atoms with Crippen molar-refractivity contribution in [3.63, 3.8) is 0 Å². The topological polar surface area (TPSA) is 85.2 Å². The van der Waals surface area contributed by atoms with Gasteiger partial charge in [-0.3, -0.25) is 0 Å². The van der Waals surface area contributed by atoms with Crippen LogP contribution in [0.15, 0.2) is 104 Å². The second-order valence-corrected chi connectivity index (χ2v) is 17.3. The number of aliphatic carboxylic acids is 1. The van der Waals surface area contributed by atoms with E-state index in [1.54, 1.807) is 12.1 Å². The van der Waals surface area contributed by atoms with Gasteiger partial charge in [-0.2, -0.15) is 0 Å². The average Bonchev–Trinajstić information content (AvgIpc) is 2.91. The molecule has 0 aliphatic carbocycles. The van der Waals surface area contributed by atoms with Crippen LogP contribution in [0.4, 0.5) is 0 Å². The number of aromatic hydroxyl groups is 1. The second kappa shape index (κ2) is 16.6. The van der Waals surface area contributed by atoms with Crippen LogP contribution in [0.25, 0.3) is 0 Å². The van der Waals surface area contributed by atoms with Gasteiger partial charge in [0.15, 0.2) is 11.5 Å². The van der Waals surface area contributed by atoms with Crippen molar-refractivity contribution in [1.29, 1.82) is 0 Å². The van der Waals surface area contributed by atoms with Crippen LogP contribution in [0.5, 0.6) is 11.5 Å². The maximum atomic E-state index is 9.25. The Balaban J connectivity index is 0.000000357. The highest BCUT2D eigenvalue weighted by Crippen LogP contribution is 2.26. The molecule has 0 bridgehead atoms. The molecule has 0 unspecified atom stereocenters. The number of phenolic OH excluding ortho intramolecular Hbond substituents is 1. The lowest BCUT2D eigenvalue weighted by Gasteiger charge is -2.36. The molecule has 0 heterocycles. The van der Waals surface area contributed by atoms with E-state index in [1.165, 1.54) is 17.5 Å². The van der Waals surface area contributed by atoms with E-state index in [9.17, 15) is 9.90 Å². The summed E-state index contributed by atoms with van der Waals surface area (Å²) in [6.07, 6.45) is 3.43. The van der Waals surface area contributed by atoms with E-state index >= 15 is 0 Å². The summed E-state index contributed by atoms with van der Waals surface area (Å²) in [7, 11) is -3.22. The van der Waals surface area contributed by atoms with Crippen LogP contribution in [0.2, 0.25) is 26.2 Å². The Kier molecular flexibility index (Phi) is 14.3. The fourth-order valence-electron chi connectivity index (χ4n) is 3.68. The summed E-state index contributed by atoms with van der Waals surface area (Å²) in [5.74, 6) is -0.301. The van der Waals surface area contributed by atoms with Crippen molar-refractivity contribution in [2.75, 3.05) is 7.11 Å². The lowest BCUT2D eigenvalue weighted by Crippen LogP contribution is -2.63. The molecular weight excluding hydrogens is 529 g/mol. The Morgan fingerprint density at radius 1 is 0.947 bits per heavy atom. The summed E-state index contributed by atoms with van der Waals surface area (Å²) in [6, 6.07) is 26.5. The molecule has 0 spiro atoms. The summed E-state index contributed by atoms with van der Waals surface area (Å²) >= 11 is 0. The van der Waals surface area contributed by atoms with Gasteiger partial charge in [-0.15, -0.1) is 6.58 Å². The molecule has 3 rings (SSSR count). The zero-order valence-corrected chi connectivity index (χ0v) is 26.4. The summed E-state index contributed by atoms with van der Waals surface area (Å²) in [4.78, 5) is 9.25. The number of carbonyl (C=O) groups is 1. The van der Waals surface area contributed by atoms with E-state index in [-0.39, 0.29) is 5.75 Å². The van der Waals surface area contributed by atoms with E-state index in [0.29, 0.717) is 5.75 Å². The predicted molar refractivity (Wildman–Crippen MR) is 164 cm³/mol. The minimum Gasteiger partial charge on any atom is -0.504 e. The number of rotatable bonds is 10. The maximum absolute atomic E-state index is 9.25. The molecule has 2 N–H and O–H groups in total. The van der Waals surface area contributed by atoms with Gasteiger partial charge in [-0.1, -0.05) is 85.9 Å². The minimum absolute atomic E-state index is 0.172. The van der Waals surface area contributed by atoms with Gasteiger partial charge in [-0.05, 0) is 54.1 Å². The van der Waals surface area contributed by atoms with E-state index in [4.69, 9.17) is 18.1 Å². The van der Waals surface area contributed by atoms with Gasteiger partial charge in [0.05, 0.1) is 7.11 Å². The lowest BCUT2D eigenvalue weighted by molar-refractivity contribution is -0.131. The van der Waals surface area contributed by atoms with E-state index in [2.05, 4.69) is 100 Å². The fraction of sp³-hybridized carbons (Fsp3) is 0.207. The quantitative estimate of drug-likeness (QED) is 0.211. The summed E-state index contributed by atoms with van der Waals surface area (Å²) < 4.78 is 17.7. The van der Waals surface area contributed by atoms with Crippen molar-refractivity contribution in [3.05, 3.63) is 110 Å². The molecule has 38 heavy (non-hydrogen) atoms. The highest BCUT2D eigenvalue weighted by Gasteiger charge is 2.40. The highest BCUT2D eigenvalue weighted by atomic mass is 28.5. The normalized spacial score (nSPS) is 11.0. The zero-order valence-electron chi connectivity index (χ0n) is 23.0. The Hall–Kier alpha value is -3.22. The number of carboxylic acid groups (broad SMARTS) is 1. The number of benzene rings is 3. The van der Waals surface area contributed by atoms with Crippen LogP contribution in [0.3, 0.4) is 0 Å². The van der Waals surface area contributed by atoms with Crippen molar-refractivity contribution in [1.82, 2.24) is 0 Å². The smallest absolute Gasteiger partial charge is 0.327 e. The lowest BCUT2D eigenvalue weighted by atomic mass is 10.1. The molecular formula is C29H40O6Si3. The molecule has 0 radical (unpaired) electrons. The molecule has 204 valence electrons. The number of allylic oxidation sites excluding steroid dienone is 1. The minimum atomic E-state index is -2.22. The molecule has 0 fully saturated rings. The first-order valence-electron chi connectivity index (χ1n) is 12.3. The zero-order chi connectivity index (χ0) is 28.6. The van der Waals surface area contributed by atoms with Gasteiger partial charge in [0, 0.05) is 6.08 Å². The predicted octanol–water partition coefficient (Wildman–Crippen LogP) is 4.63. The van der Waals surface area contributed by atoms with Crippen LogP contribution < -0.4 is 15.1 Å². The Bertz CT molecular complexity index is 1100. The van der Waals surface area contributed by atoms with Crippen LogP contribution in [-0.2, 0) is 19.4 Å². The molecule has 0 atom stereocenters. The number of hydrogen-bond acceptors (Lipinski definition) is 5. The van der Waals surface area contributed by atoms with Crippen LogP contribution in [0, 0.1) is 0 Å². The first kappa shape index (κ1) is 32.8. The number of carboxylic acids is 1. The van der Waals surface area contributed by atoms with E-state index in [1.807, 2.05) is 12.1 Å². The number of phenols is 1. The molecule has 0 saturated heterocycles. The Morgan fingerprint density at radius 2 is 1.45 bits per heavy atom. The first-order valence-corrected chi connectivity index (χ1v) is 19.5. The molecule has 0 saturated carbocycles. The van der Waals surface area contributed by atoms with Crippen LogP contribution >= 0.6 is 0 Å². The van der Waals surface area contributed by atoms with Crippen molar-refractivity contribution in [2.45, 2.75) is 32.6 Å². The SMILES string of the molecule is C=CC(=O)O.C=CCc1ccc(O)c(OC)c1.C[SiH2]O[Si](C)(C)O[Si](C)(c1ccccc1)c1ccccc1. The number of ether oxygens (including phenoxy) is 1. The summed E-state index contributed by atoms with van der Waals surface area (Å²) in [5.41, 5.74) is 1.08.